The van der Waals surface area contributed by atoms with Crippen LogP contribution in [0.15, 0.2) is 29.2 Å². The molecule has 0 aliphatic carbocycles. The second-order valence-electron chi connectivity index (χ2n) is 4.20. The first-order valence-corrected chi connectivity index (χ1v) is 7.29. The van der Waals surface area contributed by atoms with Crippen LogP contribution in [0.25, 0.3) is 0 Å². The highest BCUT2D eigenvalue weighted by atomic mass is 32.2. The molecular weight excluding hydrogens is 260 g/mol. The first-order valence-electron chi connectivity index (χ1n) is 5.74. The van der Waals surface area contributed by atoms with Crippen LogP contribution in [-0.4, -0.2) is 20.7 Å². The average molecular weight is 277 g/mol. The van der Waals surface area contributed by atoms with Crippen molar-refractivity contribution in [3.63, 3.8) is 0 Å². The molecule has 0 aliphatic heterocycles. The first-order chi connectivity index (χ1) is 8.39. The van der Waals surface area contributed by atoms with Crippen LogP contribution in [-0.2, 0) is 9.84 Å². The van der Waals surface area contributed by atoms with E-state index in [2.05, 4.69) is 5.32 Å². The van der Waals surface area contributed by atoms with Crippen LogP contribution in [0.3, 0.4) is 0 Å². The quantitative estimate of drug-likeness (QED) is 0.869. The van der Waals surface area contributed by atoms with Crippen molar-refractivity contribution in [3.8, 4) is 0 Å². The lowest BCUT2D eigenvalue weighted by atomic mass is 10.1. The van der Waals surface area contributed by atoms with Crippen LogP contribution in [0, 0.1) is 5.92 Å². The molecule has 0 heterocycles. The van der Waals surface area contributed by atoms with E-state index >= 15 is 0 Å². The highest BCUT2D eigenvalue weighted by Crippen LogP contribution is 2.26. The Balaban J connectivity index is 3.01. The van der Waals surface area contributed by atoms with E-state index in [1.165, 1.54) is 18.2 Å². The van der Waals surface area contributed by atoms with E-state index in [9.17, 15) is 17.2 Å². The molecule has 18 heavy (non-hydrogen) atoms. The fourth-order valence-corrected chi connectivity index (χ4v) is 2.29. The van der Waals surface area contributed by atoms with Crippen molar-refractivity contribution in [1.82, 2.24) is 0 Å². The van der Waals surface area contributed by atoms with Gasteiger partial charge in [0.2, 0.25) is 9.84 Å². The third kappa shape index (κ3) is 3.41. The molecule has 1 aromatic rings. The van der Waals surface area contributed by atoms with Gasteiger partial charge in [-0.25, -0.2) is 8.42 Å². The van der Waals surface area contributed by atoms with E-state index in [0.29, 0.717) is 12.5 Å². The van der Waals surface area contributed by atoms with Gasteiger partial charge in [-0.3, -0.25) is 0 Å². The van der Waals surface area contributed by atoms with Gasteiger partial charge in [0.05, 0.1) is 10.6 Å². The highest BCUT2D eigenvalue weighted by molar-refractivity contribution is 7.91. The summed E-state index contributed by atoms with van der Waals surface area (Å²) in [4.78, 5) is -0.344. The molecular formula is C12H17F2NO2S. The van der Waals surface area contributed by atoms with Gasteiger partial charge in [0.25, 0.3) is 0 Å². The number of para-hydroxylation sites is 1. The monoisotopic (exact) mass is 277 g/mol. The Morgan fingerprint density at radius 2 is 1.89 bits per heavy atom. The summed E-state index contributed by atoms with van der Waals surface area (Å²) in [5.74, 6) is -3.06. The third-order valence-corrected chi connectivity index (χ3v) is 4.20. The number of halogens is 2. The molecule has 1 unspecified atom stereocenters. The zero-order chi connectivity index (χ0) is 13.8. The molecule has 1 aromatic carbocycles. The van der Waals surface area contributed by atoms with Crippen molar-refractivity contribution in [2.24, 2.45) is 5.92 Å². The van der Waals surface area contributed by atoms with Crippen molar-refractivity contribution in [1.29, 1.82) is 0 Å². The van der Waals surface area contributed by atoms with E-state index in [-0.39, 0.29) is 10.6 Å². The van der Waals surface area contributed by atoms with Gasteiger partial charge in [-0.2, -0.15) is 8.78 Å². The fourth-order valence-electron chi connectivity index (χ4n) is 1.39. The largest absolute Gasteiger partial charge is 0.384 e. The average Bonchev–Trinajstić information content (AvgIpc) is 2.35. The number of hydrogen-bond acceptors (Lipinski definition) is 3. The lowest BCUT2D eigenvalue weighted by Gasteiger charge is -2.14. The molecule has 0 fully saturated rings. The maximum atomic E-state index is 12.5. The second-order valence-corrected chi connectivity index (χ2v) is 6.08. The van der Waals surface area contributed by atoms with Gasteiger partial charge in [0.15, 0.2) is 0 Å². The van der Waals surface area contributed by atoms with E-state index in [1.54, 1.807) is 6.07 Å². The van der Waals surface area contributed by atoms with Crippen LogP contribution in [0.2, 0.25) is 0 Å². The molecule has 0 saturated carbocycles. The zero-order valence-corrected chi connectivity index (χ0v) is 11.2. The van der Waals surface area contributed by atoms with Gasteiger partial charge >= 0.3 is 5.76 Å². The zero-order valence-electron chi connectivity index (χ0n) is 10.4. The molecule has 0 bridgehead atoms. The molecule has 0 amide bonds. The summed E-state index contributed by atoms with van der Waals surface area (Å²) in [7, 11) is -4.56. The number of benzene rings is 1. The molecule has 1 rings (SSSR count). The molecule has 6 heteroatoms. The molecule has 0 aliphatic rings. The minimum Gasteiger partial charge on any atom is -0.384 e. The van der Waals surface area contributed by atoms with Gasteiger partial charge in [-0.15, -0.1) is 0 Å². The van der Waals surface area contributed by atoms with E-state index < -0.39 is 15.6 Å². The maximum absolute atomic E-state index is 12.5. The van der Waals surface area contributed by atoms with Crippen LogP contribution in [0.4, 0.5) is 14.5 Å². The summed E-state index contributed by atoms with van der Waals surface area (Å²) < 4.78 is 48.0. The minimum absolute atomic E-state index is 0.234. The molecule has 0 aromatic heterocycles. The fraction of sp³-hybridized carbons (Fsp3) is 0.500. The Labute approximate surface area is 106 Å². The normalized spacial score (nSPS) is 13.6. The van der Waals surface area contributed by atoms with Crippen LogP contribution in [0.5, 0.6) is 0 Å². The maximum Gasteiger partial charge on any atom is 0.341 e. The molecule has 1 atom stereocenters. The van der Waals surface area contributed by atoms with E-state index in [0.717, 1.165) is 6.42 Å². The Morgan fingerprint density at radius 3 is 2.44 bits per heavy atom. The van der Waals surface area contributed by atoms with Crippen molar-refractivity contribution in [3.05, 3.63) is 24.3 Å². The SMILES string of the molecule is CCC(C)CNc1ccccc1S(=O)(=O)C(F)F. The van der Waals surface area contributed by atoms with Crippen molar-refractivity contribution < 1.29 is 17.2 Å². The predicted octanol–water partition coefficient (Wildman–Crippen LogP) is 3.14. The van der Waals surface area contributed by atoms with Gasteiger partial charge in [-0.1, -0.05) is 32.4 Å². The highest BCUT2D eigenvalue weighted by Gasteiger charge is 2.28. The molecule has 3 nitrogen and oxygen atoms in total. The Kier molecular flexibility index (Phi) is 5.07. The van der Waals surface area contributed by atoms with Gasteiger partial charge in [-0.05, 0) is 18.1 Å². The second kappa shape index (κ2) is 6.13. The molecule has 1 N–H and O–H groups in total. The van der Waals surface area contributed by atoms with Crippen molar-refractivity contribution in [2.75, 3.05) is 11.9 Å². The molecule has 0 radical (unpaired) electrons. The summed E-state index contributed by atoms with van der Waals surface area (Å²) in [6.45, 7) is 4.55. The predicted molar refractivity (Wildman–Crippen MR) is 67.6 cm³/mol. The molecule has 0 spiro atoms. The van der Waals surface area contributed by atoms with E-state index in [1.807, 2.05) is 13.8 Å². The number of hydrogen-bond donors (Lipinski definition) is 1. The number of rotatable bonds is 6. The standard InChI is InChI=1S/C12H17F2NO2S/c1-3-9(2)8-15-10-6-4-5-7-11(10)18(16,17)12(13)14/h4-7,9,12,15H,3,8H2,1-2H3. The number of anilines is 1. The summed E-state index contributed by atoms with van der Waals surface area (Å²) in [6, 6.07) is 5.74. The Morgan fingerprint density at radius 1 is 1.28 bits per heavy atom. The number of alkyl halides is 2. The summed E-state index contributed by atoms with van der Waals surface area (Å²) in [6.07, 6.45) is 0.927. The summed E-state index contributed by atoms with van der Waals surface area (Å²) in [5.41, 5.74) is 0.234. The Hall–Kier alpha value is -1.17. The first kappa shape index (κ1) is 14.9. The lowest BCUT2D eigenvalue weighted by molar-refractivity contribution is 0.235. The third-order valence-electron chi connectivity index (χ3n) is 2.77. The van der Waals surface area contributed by atoms with E-state index in [4.69, 9.17) is 0 Å². The van der Waals surface area contributed by atoms with Gasteiger partial charge in [0.1, 0.15) is 0 Å². The lowest BCUT2D eigenvalue weighted by Crippen LogP contribution is -2.16. The van der Waals surface area contributed by atoms with Gasteiger partial charge in [0, 0.05) is 6.54 Å². The minimum atomic E-state index is -4.56. The summed E-state index contributed by atoms with van der Waals surface area (Å²) in [5, 5.41) is 2.91. The smallest absolute Gasteiger partial charge is 0.341 e. The van der Waals surface area contributed by atoms with Crippen molar-refractivity contribution >= 4 is 15.5 Å². The van der Waals surface area contributed by atoms with Gasteiger partial charge < -0.3 is 5.32 Å². The van der Waals surface area contributed by atoms with Crippen LogP contribution in [0.1, 0.15) is 20.3 Å². The molecule has 102 valence electrons. The Bertz CT molecular complexity index is 489. The molecule has 0 saturated heterocycles. The van der Waals surface area contributed by atoms with Crippen LogP contribution >= 0.6 is 0 Å². The number of nitrogens with one attached hydrogen (secondary N) is 1. The van der Waals surface area contributed by atoms with Crippen LogP contribution < -0.4 is 5.32 Å². The number of sulfone groups is 1. The topological polar surface area (TPSA) is 46.2 Å². The summed E-state index contributed by atoms with van der Waals surface area (Å²) >= 11 is 0. The van der Waals surface area contributed by atoms with Crippen molar-refractivity contribution in [2.45, 2.75) is 30.9 Å².